The van der Waals surface area contributed by atoms with Crippen LogP contribution in [0.5, 0.6) is 0 Å². The van der Waals surface area contributed by atoms with E-state index in [4.69, 9.17) is 4.98 Å². The molecule has 32 heavy (non-hydrogen) atoms. The molecular weight excluding hydrogens is 408 g/mol. The van der Waals surface area contributed by atoms with E-state index < -0.39 is 0 Å². The molecule has 1 aliphatic heterocycles. The van der Waals surface area contributed by atoms with Gasteiger partial charge in [0.15, 0.2) is 5.65 Å². The van der Waals surface area contributed by atoms with Crippen LogP contribution in [0.4, 0.5) is 5.82 Å². The average Bonchev–Trinajstić information content (AvgIpc) is 3.17. The van der Waals surface area contributed by atoms with Gasteiger partial charge in [-0.2, -0.15) is 5.10 Å². The van der Waals surface area contributed by atoms with E-state index in [0.29, 0.717) is 53.9 Å². The molecule has 1 amide bonds. The number of nitrogens with one attached hydrogen (secondary N) is 2. The molecule has 1 saturated heterocycles. The molecule has 3 N–H and O–H groups in total. The summed E-state index contributed by atoms with van der Waals surface area (Å²) in [5.74, 6) is 0.416. The Hall–Kier alpha value is -3.20. The van der Waals surface area contributed by atoms with Gasteiger partial charge in [0, 0.05) is 36.9 Å². The highest BCUT2D eigenvalue weighted by Gasteiger charge is 2.23. The number of aliphatic hydroxyl groups is 1. The lowest BCUT2D eigenvalue weighted by Gasteiger charge is -2.30. The van der Waals surface area contributed by atoms with Crippen molar-refractivity contribution < 1.29 is 9.90 Å². The van der Waals surface area contributed by atoms with Crippen LogP contribution < -0.4 is 15.8 Å². The molecule has 3 aromatic heterocycles. The lowest BCUT2D eigenvalue weighted by Crippen LogP contribution is -2.36. The summed E-state index contributed by atoms with van der Waals surface area (Å²) in [4.78, 5) is 35.3. The Balaban J connectivity index is 1.69. The number of aromatic nitrogens is 4. The predicted octanol–water partition coefficient (Wildman–Crippen LogP) is 2.21. The summed E-state index contributed by atoms with van der Waals surface area (Å²) in [5, 5.41) is 17.9. The number of carbonyl (C=O) groups excluding carboxylic acids is 1. The van der Waals surface area contributed by atoms with Crippen LogP contribution in [0.15, 0.2) is 23.1 Å². The Kier molecular flexibility index (Phi) is 6.01. The Labute approximate surface area is 186 Å². The van der Waals surface area contributed by atoms with Crippen molar-refractivity contribution in [3.05, 3.63) is 51.1 Å². The molecule has 3 aromatic rings. The van der Waals surface area contributed by atoms with Crippen molar-refractivity contribution >= 4 is 22.8 Å². The average molecular weight is 439 g/mol. The van der Waals surface area contributed by atoms with Gasteiger partial charge >= 0.3 is 0 Å². The minimum Gasteiger partial charge on any atom is -0.393 e. The lowest BCUT2D eigenvalue weighted by atomic mass is 10.1. The van der Waals surface area contributed by atoms with Gasteiger partial charge in [-0.3, -0.25) is 9.59 Å². The number of carbonyl (C=O) groups is 1. The van der Waals surface area contributed by atoms with Crippen LogP contribution in [0.2, 0.25) is 0 Å². The van der Waals surface area contributed by atoms with Crippen LogP contribution in [-0.4, -0.2) is 50.0 Å². The van der Waals surface area contributed by atoms with Crippen LogP contribution in [0, 0.1) is 13.8 Å². The first-order valence-corrected chi connectivity index (χ1v) is 11.0. The Morgan fingerprint density at radius 3 is 2.66 bits per heavy atom. The first-order chi connectivity index (χ1) is 15.2. The van der Waals surface area contributed by atoms with E-state index in [1.165, 1.54) is 0 Å². The summed E-state index contributed by atoms with van der Waals surface area (Å²) in [5.41, 5.74) is 3.10. The summed E-state index contributed by atoms with van der Waals surface area (Å²) in [6.45, 7) is 9.22. The van der Waals surface area contributed by atoms with Gasteiger partial charge in [0.2, 0.25) is 0 Å². The topological polar surface area (TPSA) is 116 Å². The van der Waals surface area contributed by atoms with Crippen molar-refractivity contribution in [3.63, 3.8) is 0 Å². The van der Waals surface area contributed by atoms with Crippen LogP contribution in [0.3, 0.4) is 0 Å². The molecule has 0 aliphatic carbocycles. The monoisotopic (exact) mass is 438 g/mol. The number of pyridine rings is 2. The Bertz CT molecular complexity index is 1200. The maximum Gasteiger partial charge on any atom is 0.253 e. The third kappa shape index (κ3) is 4.25. The second-order valence-electron chi connectivity index (χ2n) is 8.79. The fraction of sp³-hybridized carbons (Fsp3) is 0.478. The fourth-order valence-corrected chi connectivity index (χ4v) is 4.19. The molecule has 9 nitrogen and oxygen atoms in total. The summed E-state index contributed by atoms with van der Waals surface area (Å²) in [6.07, 6.45) is 2.71. The quantitative estimate of drug-likeness (QED) is 0.562. The van der Waals surface area contributed by atoms with Crippen molar-refractivity contribution in [2.75, 3.05) is 18.0 Å². The van der Waals surface area contributed by atoms with Gasteiger partial charge in [0.1, 0.15) is 5.82 Å². The second-order valence-corrected chi connectivity index (χ2v) is 8.79. The number of rotatable bonds is 5. The highest BCUT2D eigenvalue weighted by molar-refractivity contribution is 6.06. The standard InChI is InChI=1S/C23H30N6O3/c1-13(2)29-21-19(12-25-29)17(10-20(27-21)28-7-5-16(30)6-8-28)22(31)24-11-18-14(3)9-15(4)26-23(18)32/h9-10,12-13,16,30H,5-8,11H2,1-4H3,(H,24,31)(H,26,32). The molecule has 9 heteroatoms. The molecule has 0 atom stereocenters. The van der Waals surface area contributed by atoms with Crippen LogP contribution in [0.25, 0.3) is 11.0 Å². The summed E-state index contributed by atoms with van der Waals surface area (Å²) >= 11 is 0. The van der Waals surface area contributed by atoms with Crippen molar-refractivity contribution in [3.8, 4) is 0 Å². The summed E-state index contributed by atoms with van der Waals surface area (Å²) in [6, 6.07) is 3.76. The van der Waals surface area contributed by atoms with Crippen LogP contribution in [-0.2, 0) is 6.54 Å². The zero-order valence-electron chi connectivity index (χ0n) is 19.0. The minimum atomic E-state index is -0.296. The number of amides is 1. The number of hydrogen-bond donors (Lipinski definition) is 3. The first-order valence-electron chi connectivity index (χ1n) is 11.0. The highest BCUT2D eigenvalue weighted by atomic mass is 16.3. The first kappa shape index (κ1) is 22.0. The number of nitrogens with zero attached hydrogens (tertiary/aromatic N) is 4. The van der Waals surface area contributed by atoms with Gasteiger partial charge in [0.05, 0.1) is 23.3 Å². The van der Waals surface area contributed by atoms with Gasteiger partial charge in [0.25, 0.3) is 11.5 Å². The molecule has 4 rings (SSSR count). The van der Waals surface area contributed by atoms with E-state index in [1.807, 2.05) is 38.4 Å². The summed E-state index contributed by atoms with van der Waals surface area (Å²) in [7, 11) is 0. The fourth-order valence-electron chi connectivity index (χ4n) is 4.19. The third-order valence-corrected chi connectivity index (χ3v) is 5.99. The number of fused-ring (bicyclic) bond motifs is 1. The maximum absolute atomic E-state index is 13.2. The molecule has 0 unspecified atom stereocenters. The molecule has 0 spiro atoms. The highest BCUT2D eigenvalue weighted by Crippen LogP contribution is 2.27. The molecular formula is C23H30N6O3. The van der Waals surface area contributed by atoms with Crippen molar-refractivity contribution in [1.82, 2.24) is 25.1 Å². The molecule has 170 valence electrons. The second kappa shape index (κ2) is 8.74. The third-order valence-electron chi connectivity index (χ3n) is 5.99. The van der Waals surface area contributed by atoms with Crippen LogP contribution in [0.1, 0.15) is 59.9 Å². The largest absolute Gasteiger partial charge is 0.393 e. The Morgan fingerprint density at radius 2 is 2.00 bits per heavy atom. The van der Waals surface area contributed by atoms with Gasteiger partial charge in [-0.05, 0) is 58.2 Å². The number of aliphatic hydroxyl groups excluding tert-OH is 1. The molecule has 0 radical (unpaired) electrons. The minimum absolute atomic E-state index is 0.0862. The molecule has 1 aliphatic rings. The van der Waals surface area contributed by atoms with Gasteiger partial charge in [-0.1, -0.05) is 0 Å². The summed E-state index contributed by atoms with van der Waals surface area (Å²) < 4.78 is 1.81. The van der Waals surface area contributed by atoms with E-state index in [1.54, 1.807) is 12.3 Å². The number of aromatic amines is 1. The number of H-pyrrole nitrogens is 1. The Morgan fingerprint density at radius 1 is 1.28 bits per heavy atom. The smallest absolute Gasteiger partial charge is 0.253 e. The van der Waals surface area contributed by atoms with Gasteiger partial charge in [-0.25, -0.2) is 9.67 Å². The number of piperidine rings is 1. The maximum atomic E-state index is 13.2. The normalized spacial score (nSPS) is 15.0. The van der Waals surface area contributed by atoms with Gasteiger partial charge < -0.3 is 20.3 Å². The number of hydrogen-bond acceptors (Lipinski definition) is 6. The predicted molar refractivity (Wildman–Crippen MR) is 123 cm³/mol. The van der Waals surface area contributed by atoms with Crippen molar-refractivity contribution in [2.45, 2.75) is 59.2 Å². The molecule has 0 bridgehead atoms. The van der Waals surface area contributed by atoms with E-state index in [-0.39, 0.29) is 30.2 Å². The number of anilines is 1. The molecule has 0 aromatic carbocycles. The zero-order valence-corrected chi connectivity index (χ0v) is 19.0. The van der Waals surface area contributed by atoms with Gasteiger partial charge in [-0.15, -0.1) is 0 Å². The zero-order chi connectivity index (χ0) is 23.0. The molecule has 0 saturated carbocycles. The van der Waals surface area contributed by atoms with E-state index >= 15 is 0 Å². The lowest BCUT2D eigenvalue weighted by molar-refractivity contribution is 0.0952. The van der Waals surface area contributed by atoms with Crippen LogP contribution >= 0.6 is 0 Å². The van der Waals surface area contributed by atoms with Crippen molar-refractivity contribution in [1.29, 1.82) is 0 Å². The van der Waals surface area contributed by atoms with E-state index in [2.05, 4.69) is 20.3 Å². The SMILES string of the molecule is Cc1cc(C)c(CNC(=O)c2cc(N3CCC(O)CC3)nc3c2cnn3C(C)C)c(=O)[nH]1. The van der Waals surface area contributed by atoms with Crippen molar-refractivity contribution in [2.24, 2.45) is 0 Å². The number of aryl methyl sites for hydroxylation is 2. The van der Waals surface area contributed by atoms with E-state index in [0.717, 1.165) is 11.3 Å². The van der Waals surface area contributed by atoms with E-state index in [9.17, 15) is 14.7 Å². The molecule has 4 heterocycles. The molecule has 1 fully saturated rings.